The van der Waals surface area contributed by atoms with Gasteiger partial charge in [0.25, 0.3) is 5.56 Å². The van der Waals surface area contributed by atoms with Gasteiger partial charge in [-0.1, -0.05) is 67.0 Å². The van der Waals surface area contributed by atoms with Crippen molar-refractivity contribution in [1.29, 1.82) is 0 Å². The number of fused-ring (bicyclic) bond motifs is 1. The van der Waals surface area contributed by atoms with Gasteiger partial charge in [-0.25, -0.2) is 9.31 Å². The second-order valence-corrected chi connectivity index (χ2v) is 12.9. The number of hydrogen-bond donors (Lipinski definition) is 2. The van der Waals surface area contributed by atoms with E-state index in [2.05, 4.69) is 27.1 Å². The van der Waals surface area contributed by atoms with Crippen LogP contribution in [0.25, 0.3) is 28.3 Å². The van der Waals surface area contributed by atoms with Crippen LogP contribution in [0.2, 0.25) is 0 Å². The Morgan fingerprint density at radius 1 is 1.06 bits per heavy atom. The molecule has 0 saturated heterocycles. The summed E-state index contributed by atoms with van der Waals surface area (Å²) in [4.78, 5) is 33.2. The van der Waals surface area contributed by atoms with E-state index in [1.807, 2.05) is 64.5 Å². The van der Waals surface area contributed by atoms with Gasteiger partial charge in [0.05, 0.1) is 23.5 Å². The number of aliphatic hydroxyl groups is 1. The number of nitrogens with one attached hydrogen (secondary N) is 1. The van der Waals surface area contributed by atoms with Gasteiger partial charge in [0.1, 0.15) is 6.33 Å². The zero-order valence-electron chi connectivity index (χ0n) is 26.9. The van der Waals surface area contributed by atoms with Crippen LogP contribution in [0.4, 0.5) is 0 Å². The first-order valence-electron chi connectivity index (χ1n) is 16.2. The molecule has 1 fully saturated rings. The molecule has 3 aromatic heterocycles. The molecule has 3 heterocycles. The van der Waals surface area contributed by atoms with Crippen molar-refractivity contribution in [1.82, 2.24) is 29.3 Å². The van der Waals surface area contributed by atoms with Crippen LogP contribution in [0, 0.1) is 0 Å². The predicted octanol–water partition coefficient (Wildman–Crippen LogP) is 4.85. The van der Waals surface area contributed by atoms with Crippen molar-refractivity contribution in [3.05, 3.63) is 92.6 Å². The van der Waals surface area contributed by atoms with Crippen molar-refractivity contribution in [2.75, 3.05) is 0 Å². The van der Waals surface area contributed by atoms with Crippen molar-refractivity contribution in [2.24, 2.45) is 0 Å². The Balaban J connectivity index is 0.00000433. The van der Waals surface area contributed by atoms with Gasteiger partial charge in [0.15, 0.2) is 5.82 Å². The Kier molecular flexibility index (Phi) is 11.5. The molecule has 0 aliphatic heterocycles. The standard InChI is InChI=1S/C35H42N6O5.K.H/c1-5-6-11-30-29(20-23-12-14-24(15-13-23)27-9-7-8-10-28(27)31-38-34(43)46-39-31)32(42)40(33-36-21-37-41(30)33)25-16-18-26(19-17-25)45-22(2)35(3,4)44;;/h7-10,12-15,21-22,25-26,44H,5-6,11,16-20H2,1-4H3,(H,38,39,43);;. The van der Waals surface area contributed by atoms with E-state index in [-0.39, 0.29) is 75.2 Å². The van der Waals surface area contributed by atoms with E-state index in [0.717, 1.165) is 78.5 Å². The fourth-order valence-electron chi connectivity index (χ4n) is 6.37. The molecule has 1 saturated carbocycles. The third kappa shape index (κ3) is 7.80. The van der Waals surface area contributed by atoms with Gasteiger partial charge in [-0.3, -0.25) is 18.9 Å². The van der Waals surface area contributed by atoms with Crippen molar-refractivity contribution in [3.8, 4) is 22.5 Å². The number of aromatic amines is 1. The first-order chi connectivity index (χ1) is 22.1. The number of benzene rings is 2. The summed E-state index contributed by atoms with van der Waals surface area (Å²) in [5.41, 5.74) is 4.37. The monoisotopic (exact) mass is 666 g/mol. The summed E-state index contributed by atoms with van der Waals surface area (Å²) in [6, 6.07) is 15.8. The van der Waals surface area contributed by atoms with E-state index in [9.17, 15) is 14.7 Å². The topological polar surface area (TPSA) is 141 Å². The van der Waals surface area contributed by atoms with Gasteiger partial charge >= 0.3 is 57.1 Å². The molecule has 1 unspecified atom stereocenters. The van der Waals surface area contributed by atoms with Crippen LogP contribution in [0.3, 0.4) is 0 Å². The van der Waals surface area contributed by atoms with Crippen LogP contribution in [0.5, 0.6) is 0 Å². The quantitative estimate of drug-likeness (QED) is 0.191. The molecule has 0 radical (unpaired) electrons. The molecule has 0 bridgehead atoms. The molecule has 1 aliphatic rings. The van der Waals surface area contributed by atoms with Crippen LogP contribution < -0.4 is 11.3 Å². The molecule has 1 atom stereocenters. The normalized spacial score (nSPS) is 17.5. The zero-order chi connectivity index (χ0) is 32.4. The van der Waals surface area contributed by atoms with Gasteiger partial charge in [0.2, 0.25) is 5.78 Å². The minimum atomic E-state index is -0.913. The number of aromatic nitrogens is 6. The fourth-order valence-corrected chi connectivity index (χ4v) is 6.37. The van der Waals surface area contributed by atoms with Crippen LogP contribution >= 0.6 is 0 Å². The van der Waals surface area contributed by atoms with Gasteiger partial charge in [-0.15, -0.1) is 0 Å². The van der Waals surface area contributed by atoms with E-state index in [1.165, 1.54) is 0 Å². The Hall–Kier alpha value is -2.71. The van der Waals surface area contributed by atoms with E-state index < -0.39 is 11.4 Å². The third-order valence-corrected chi connectivity index (χ3v) is 9.26. The average molecular weight is 667 g/mol. The zero-order valence-corrected chi connectivity index (χ0v) is 26.9. The molecule has 0 amide bonds. The van der Waals surface area contributed by atoms with Gasteiger partial charge < -0.3 is 9.84 Å². The number of aryl methyl sites for hydroxylation is 1. The number of hydrogen-bond acceptors (Lipinski definition) is 8. The molecule has 12 heteroatoms. The molecule has 2 aromatic carbocycles. The summed E-state index contributed by atoms with van der Waals surface area (Å²) < 4.78 is 14.7. The summed E-state index contributed by atoms with van der Waals surface area (Å²) in [6.07, 6.45) is 7.60. The van der Waals surface area contributed by atoms with Crippen LogP contribution in [-0.4, -0.2) is 104 Å². The van der Waals surface area contributed by atoms with Crippen LogP contribution in [-0.2, 0) is 17.6 Å². The van der Waals surface area contributed by atoms with Crippen LogP contribution in [0.15, 0.2) is 69.0 Å². The minimum absolute atomic E-state index is 0. The van der Waals surface area contributed by atoms with E-state index >= 15 is 0 Å². The molecule has 11 nitrogen and oxygen atoms in total. The Bertz CT molecular complexity index is 1910. The Morgan fingerprint density at radius 2 is 1.77 bits per heavy atom. The molecule has 6 rings (SSSR count). The summed E-state index contributed by atoms with van der Waals surface area (Å²) in [6.45, 7) is 7.58. The van der Waals surface area contributed by atoms with Crippen LogP contribution in [0.1, 0.15) is 89.1 Å². The molecule has 244 valence electrons. The molecule has 5 aromatic rings. The maximum absolute atomic E-state index is 14.4. The van der Waals surface area contributed by atoms with E-state index in [4.69, 9.17) is 9.26 Å². The number of rotatable bonds is 11. The number of ether oxygens (including phenoxy) is 1. The number of unbranched alkanes of at least 4 members (excludes halogenated alkanes) is 1. The van der Waals surface area contributed by atoms with Crippen molar-refractivity contribution in [3.63, 3.8) is 0 Å². The molecule has 2 N–H and O–H groups in total. The molecule has 1 aliphatic carbocycles. The molecule has 47 heavy (non-hydrogen) atoms. The molecular weight excluding hydrogens is 624 g/mol. The predicted molar refractivity (Wildman–Crippen MR) is 182 cm³/mol. The Labute approximate surface area is 316 Å². The number of nitrogens with zero attached hydrogens (tertiary/aromatic N) is 5. The summed E-state index contributed by atoms with van der Waals surface area (Å²) in [5, 5.41) is 18.8. The number of H-pyrrole nitrogens is 1. The SMILES string of the molecule is CCCCc1c(Cc2ccc(-c3ccccc3-c3noc(=O)[nH]3)cc2)c(=O)n(C2CCC(OC(C)C(C)(C)O)CC2)c2ncnn12.[KH]. The van der Waals surface area contributed by atoms with Gasteiger partial charge in [-0.05, 0) is 76.0 Å². The second kappa shape index (κ2) is 15.2. The summed E-state index contributed by atoms with van der Waals surface area (Å²) in [5.74, 6) is 0.363. The summed E-state index contributed by atoms with van der Waals surface area (Å²) in [7, 11) is 0. The first-order valence-corrected chi connectivity index (χ1v) is 16.2. The van der Waals surface area contributed by atoms with E-state index in [1.54, 1.807) is 20.2 Å². The molecule has 0 spiro atoms. The summed E-state index contributed by atoms with van der Waals surface area (Å²) >= 11 is 0. The Morgan fingerprint density at radius 3 is 2.40 bits per heavy atom. The third-order valence-electron chi connectivity index (χ3n) is 9.26. The van der Waals surface area contributed by atoms with Crippen molar-refractivity contribution < 1.29 is 14.4 Å². The second-order valence-electron chi connectivity index (χ2n) is 12.9. The van der Waals surface area contributed by atoms with E-state index in [0.29, 0.717) is 18.0 Å². The average Bonchev–Trinajstić information content (AvgIpc) is 3.71. The maximum atomic E-state index is 14.4. The first kappa shape index (κ1) is 35.6. The van der Waals surface area contributed by atoms with Gasteiger partial charge in [0, 0.05) is 23.6 Å². The van der Waals surface area contributed by atoms with Gasteiger partial charge in [-0.2, -0.15) is 10.1 Å². The van der Waals surface area contributed by atoms with Crippen molar-refractivity contribution >= 4 is 57.2 Å². The fraction of sp³-hybridized carbons (Fsp3) is 0.457. The van der Waals surface area contributed by atoms with Crippen molar-refractivity contribution in [2.45, 2.75) is 103 Å². The molecular formula is C35H43KN6O5.